The number of nitrogens with zero attached hydrogens (tertiary/aromatic N) is 1. The lowest BCUT2D eigenvalue weighted by atomic mass is 10.2. The number of carbonyl (C=O) groups excluding carboxylic acids is 1. The molecule has 1 aromatic rings. The molecule has 1 amide bonds. The molecular formula is C12H18ClN3O3S. The van der Waals surface area contributed by atoms with Gasteiger partial charge in [-0.05, 0) is 18.6 Å². The number of aromatic nitrogens is 1. The van der Waals surface area contributed by atoms with E-state index in [1.54, 1.807) is 6.07 Å². The minimum absolute atomic E-state index is 0.0648. The summed E-state index contributed by atoms with van der Waals surface area (Å²) in [5, 5.41) is 5.78. The minimum Gasteiger partial charge on any atom is -0.370 e. The first-order valence-corrected chi connectivity index (χ1v) is 8.63. The van der Waals surface area contributed by atoms with Gasteiger partial charge in [0.05, 0.1) is 5.75 Å². The van der Waals surface area contributed by atoms with E-state index in [9.17, 15) is 13.2 Å². The molecule has 0 saturated heterocycles. The highest BCUT2D eigenvalue weighted by atomic mass is 35.5. The van der Waals surface area contributed by atoms with Crippen LogP contribution in [0.2, 0.25) is 5.15 Å². The Morgan fingerprint density at radius 1 is 1.35 bits per heavy atom. The van der Waals surface area contributed by atoms with Crippen LogP contribution in [-0.4, -0.2) is 44.4 Å². The Balaban J connectivity index is 2.69. The van der Waals surface area contributed by atoms with Crippen molar-refractivity contribution in [1.29, 1.82) is 0 Å². The zero-order valence-corrected chi connectivity index (χ0v) is 13.0. The Bertz CT molecular complexity index is 575. The molecule has 0 radical (unpaired) electrons. The highest BCUT2D eigenvalue weighted by molar-refractivity contribution is 7.90. The molecule has 1 heterocycles. The maximum Gasteiger partial charge on any atom is 0.251 e. The van der Waals surface area contributed by atoms with E-state index in [-0.39, 0.29) is 23.4 Å². The SMILES string of the molecule is CCCNc1cc(C(=O)NCCS(C)(=O)=O)cc(Cl)n1. The molecule has 0 aliphatic rings. The molecule has 0 saturated carbocycles. The van der Waals surface area contributed by atoms with Crippen LogP contribution in [0, 0.1) is 0 Å². The van der Waals surface area contributed by atoms with Gasteiger partial charge in [0.2, 0.25) is 0 Å². The molecule has 1 rings (SSSR count). The number of hydrogen-bond acceptors (Lipinski definition) is 5. The van der Waals surface area contributed by atoms with Crippen molar-refractivity contribution in [2.24, 2.45) is 0 Å². The summed E-state index contributed by atoms with van der Waals surface area (Å²) in [7, 11) is -3.10. The third-order valence-electron chi connectivity index (χ3n) is 2.37. The van der Waals surface area contributed by atoms with Gasteiger partial charge in [0, 0.05) is 24.9 Å². The van der Waals surface area contributed by atoms with Crippen molar-refractivity contribution >= 4 is 33.2 Å². The Morgan fingerprint density at radius 3 is 2.65 bits per heavy atom. The number of amides is 1. The first kappa shape index (κ1) is 16.7. The zero-order chi connectivity index (χ0) is 15.2. The lowest BCUT2D eigenvalue weighted by molar-refractivity contribution is 0.0956. The number of pyridine rings is 1. The summed E-state index contributed by atoms with van der Waals surface area (Å²) in [4.78, 5) is 15.9. The largest absolute Gasteiger partial charge is 0.370 e. The third-order valence-corrected chi connectivity index (χ3v) is 3.51. The smallest absolute Gasteiger partial charge is 0.251 e. The summed E-state index contributed by atoms with van der Waals surface area (Å²) >= 11 is 5.85. The first-order chi connectivity index (χ1) is 9.31. The number of halogens is 1. The van der Waals surface area contributed by atoms with Crippen molar-refractivity contribution in [1.82, 2.24) is 10.3 Å². The van der Waals surface area contributed by atoms with Gasteiger partial charge < -0.3 is 10.6 Å². The van der Waals surface area contributed by atoms with E-state index in [1.807, 2.05) is 6.92 Å². The molecule has 0 aromatic carbocycles. The molecule has 6 nitrogen and oxygen atoms in total. The number of rotatable bonds is 7. The lowest BCUT2D eigenvalue weighted by Gasteiger charge is -2.08. The topological polar surface area (TPSA) is 88.2 Å². The second-order valence-electron chi connectivity index (χ2n) is 4.38. The number of anilines is 1. The van der Waals surface area contributed by atoms with Crippen molar-refractivity contribution < 1.29 is 13.2 Å². The standard InChI is InChI=1S/C12H18ClN3O3S/c1-3-4-14-11-8-9(7-10(13)16-11)12(17)15-5-6-20(2,18)19/h7-8H,3-6H2,1-2H3,(H,14,16)(H,15,17). The summed E-state index contributed by atoms with van der Waals surface area (Å²) in [5.41, 5.74) is 0.345. The van der Waals surface area contributed by atoms with E-state index in [0.29, 0.717) is 11.4 Å². The van der Waals surface area contributed by atoms with Crippen LogP contribution in [0.25, 0.3) is 0 Å². The maximum absolute atomic E-state index is 11.9. The van der Waals surface area contributed by atoms with E-state index in [0.717, 1.165) is 19.2 Å². The molecule has 0 atom stereocenters. The predicted octanol–water partition coefficient (Wildman–Crippen LogP) is 1.33. The van der Waals surface area contributed by atoms with Gasteiger partial charge in [-0.2, -0.15) is 0 Å². The molecule has 2 N–H and O–H groups in total. The molecule has 8 heteroatoms. The summed E-state index contributed by atoms with van der Waals surface area (Å²) in [6.45, 7) is 2.80. The normalized spacial score (nSPS) is 11.2. The van der Waals surface area contributed by atoms with Gasteiger partial charge >= 0.3 is 0 Å². The molecule has 0 aliphatic carbocycles. The average molecular weight is 320 g/mol. The number of sulfone groups is 1. The van der Waals surface area contributed by atoms with Gasteiger partial charge in [0.25, 0.3) is 5.91 Å². The fourth-order valence-corrected chi connectivity index (χ4v) is 2.11. The average Bonchev–Trinajstić information content (AvgIpc) is 2.34. The summed E-state index contributed by atoms with van der Waals surface area (Å²) in [5.74, 6) is 0.0449. The maximum atomic E-state index is 11.9. The second kappa shape index (κ2) is 7.44. The molecule has 0 bridgehead atoms. The van der Waals surface area contributed by atoms with Gasteiger partial charge in [-0.25, -0.2) is 13.4 Å². The third kappa shape index (κ3) is 6.21. The lowest BCUT2D eigenvalue weighted by Crippen LogP contribution is -2.28. The van der Waals surface area contributed by atoms with Gasteiger partial charge in [-0.15, -0.1) is 0 Å². The van der Waals surface area contributed by atoms with Crippen LogP contribution < -0.4 is 10.6 Å². The van der Waals surface area contributed by atoms with Crippen LogP contribution in [0.1, 0.15) is 23.7 Å². The Hall–Kier alpha value is -1.34. The fourth-order valence-electron chi connectivity index (χ4n) is 1.42. The highest BCUT2D eigenvalue weighted by Gasteiger charge is 2.10. The molecule has 20 heavy (non-hydrogen) atoms. The molecule has 0 fully saturated rings. The molecule has 0 aliphatic heterocycles. The number of carbonyl (C=O) groups is 1. The summed E-state index contributed by atoms with van der Waals surface area (Å²) in [6.07, 6.45) is 2.04. The quantitative estimate of drug-likeness (QED) is 0.740. The minimum atomic E-state index is -3.10. The van der Waals surface area contributed by atoms with Gasteiger partial charge in [0.1, 0.15) is 20.8 Å². The second-order valence-corrected chi connectivity index (χ2v) is 7.02. The molecule has 112 valence electrons. The van der Waals surface area contributed by atoms with Crippen LogP contribution in [0.15, 0.2) is 12.1 Å². The van der Waals surface area contributed by atoms with Crippen molar-refractivity contribution in [2.45, 2.75) is 13.3 Å². The fraction of sp³-hybridized carbons (Fsp3) is 0.500. The van der Waals surface area contributed by atoms with Crippen LogP contribution in [0.4, 0.5) is 5.82 Å². The number of nitrogens with one attached hydrogen (secondary N) is 2. The van der Waals surface area contributed by atoms with Crippen LogP contribution in [0.3, 0.4) is 0 Å². The van der Waals surface area contributed by atoms with E-state index >= 15 is 0 Å². The Labute approximate surface area is 123 Å². The Morgan fingerprint density at radius 2 is 2.05 bits per heavy atom. The molecule has 1 aromatic heterocycles. The van der Waals surface area contributed by atoms with Gasteiger partial charge in [0.15, 0.2) is 0 Å². The van der Waals surface area contributed by atoms with E-state index in [2.05, 4.69) is 15.6 Å². The zero-order valence-electron chi connectivity index (χ0n) is 11.4. The van der Waals surface area contributed by atoms with Gasteiger partial charge in [-0.3, -0.25) is 4.79 Å². The predicted molar refractivity (Wildman–Crippen MR) is 80.1 cm³/mol. The monoisotopic (exact) mass is 319 g/mol. The first-order valence-electron chi connectivity index (χ1n) is 6.19. The Kier molecular flexibility index (Phi) is 6.22. The van der Waals surface area contributed by atoms with Crippen molar-refractivity contribution in [3.05, 3.63) is 22.8 Å². The van der Waals surface area contributed by atoms with Gasteiger partial charge in [-0.1, -0.05) is 18.5 Å². The summed E-state index contributed by atoms with van der Waals surface area (Å²) < 4.78 is 22.0. The van der Waals surface area contributed by atoms with Crippen LogP contribution in [0.5, 0.6) is 0 Å². The summed E-state index contributed by atoms with van der Waals surface area (Å²) in [6, 6.07) is 3.02. The molecular weight excluding hydrogens is 302 g/mol. The molecule has 0 spiro atoms. The van der Waals surface area contributed by atoms with Crippen molar-refractivity contribution in [3.8, 4) is 0 Å². The van der Waals surface area contributed by atoms with Crippen LogP contribution in [-0.2, 0) is 9.84 Å². The highest BCUT2D eigenvalue weighted by Crippen LogP contribution is 2.14. The van der Waals surface area contributed by atoms with Crippen molar-refractivity contribution in [3.63, 3.8) is 0 Å². The molecule has 0 unspecified atom stereocenters. The van der Waals surface area contributed by atoms with Crippen LogP contribution >= 0.6 is 11.6 Å². The van der Waals surface area contributed by atoms with Crippen molar-refractivity contribution in [2.75, 3.05) is 30.4 Å². The number of hydrogen-bond donors (Lipinski definition) is 2. The van der Waals surface area contributed by atoms with E-state index in [4.69, 9.17) is 11.6 Å². The van der Waals surface area contributed by atoms with E-state index < -0.39 is 9.84 Å². The van der Waals surface area contributed by atoms with E-state index in [1.165, 1.54) is 6.07 Å².